The van der Waals surface area contributed by atoms with Crippen molar-refractivity contribution in [3.8, 4) is 17.0 Å². The lowest BCUT2D eigenvalue weighted by molar-refractivity contribution is -0.135. The molecule has 1 saturated heterocycles. The fourth-order valence-electron chi connectivity index (χ4n) is 4.02. The molecule has 1 aliphatic heterocycles. The van der Waals surface area contributed by atoms with Crippen molar-refractivity contribution in [3.05, 3.63) is 42.9 Å². The predicted molar refractivity (Wildman–Crippen MR) is 130 cm³/mol. The summed E-state index contributed by atoms with van der Waals surface area (Å²) >= 11 is 0. The molecule has 1 atom stereocenters. The third kappa shape index (κ3) is 5.06. The number of amides is 1. The van der Waals surface area contributed by atoms with Crippen molar-refractivity contribution >= 4 is 22.6 Å². The first kappa shape index (κ1) is 22.9. The Hall–Kier alpha value is -3.26. The molecular formula is C25H32N6O2. The van der Waals surface area contributed by atoms with E-state index in [-0.39, 0.29) is 11.3 Å². The number of rotatable bonds is 5. The van der Waals surface area contributed by atoms with Gasteiger partial charge >= 0.3 is 0 Å². The molecule has 2 aromatic heterocycles. The number of benzene rings is 1. The van der Waals surface area contributed by atoms with Crippen LogP contribution in [-0.4, -0.2) is 77.0 Å². The number of aromatic nitrogens is 3. The fourth-order valence-corrected chi connectivity index (χ4v) is 4.02. The summed E-state index contributed by atoms with van der Waals surface area (Å²) < 4.78 is 5.17. The van der Waals surface area contributed by atoms with Crippen LogP contribution in [0.4, 0.5) is 5.82 Å². The number of nitrogens with zero attached hydrogens (tertiary/aromatic N) is 5. The first-order chi connectivity index (χ1) is 15.8. The maximum atomic E-state index is 13.5. The van der Waals surface area contributed by atoms with Gasteiger partial charge in [-0.3, -0.25) is 4.79 Å². The van der Waals surface area contributed by atoms with E-state index < -0.39 is 6.04 Å². The Kier molecular flexibility index (Phi) is 6.47. The minimum absolute atomic E-state index is 0.109. The first-order valence-electron chi connectivity index (χ1n) is 11.3. The number of anilines is 1. The van der Waals surface area contributed by atoms with Gasteiger partial charge in [-0.05, 0) is 36.2 Å². The quantitative estimate of drug-likeness (QED) is 0.641. The smallest absolute Gasteiger partial charge is 0.245 e. The highest BCUT2D eigenvalue weighted by Gasteiger charge is 2.35. The SMILES string of the molecule is COc1ccc(-c2ccc3ncnc(NC(C(=O)N4CCN(C)CC4)C(C)(C)C)c3c2)cn1. The molecule has 8 nitrogen and oxygen atoms in total. The number of methoxy groups -OCH3 is 1. The van der Waals surface area contributed by atoms with Crippen LogP contribution in [0.5, 0.6) is 5.88 Å². The molecule has 1 N–H and O–H groups in total. The summed E-state index contributed by atoms with van der Waals surface area (Å²) in [5, 5.41) is 4.34. The van der Waals surface area contributed by atoms with Crippen LogP contribution in [0, 0.1) is 5.41 Å². The number of hydrogen-bond acceptors (Lipinski definition) is 7. The third-order valence-electron chi connectivity index (χ3n) is 6.12. The molecule has 4 rings (SSSR count). The van der Waals surface area contributed by atoms with Crippen molar-refractivity contribution in [2.45, 2.75) is 26.8 Å². The Morgan fingerprint density at radius 1 is 1.03 bits per heavy atom. The van der Waals surface area contributed by atoms with E-state index in [2.05, 4.69) is 53.0 Å². The Balaban J connectivity index is 1.67. The van der Waals surface area contributed by atoms with Crippen molar-refractivity contribution in [2.24, 2.45) is 5.41 Å². The number of fused-ring (bicyclic) bond motifs is 1. The van der Waals surface area contributed by atoms with Crippen LogP contribution in [0.1, 0.15) is 20.8 Å². The fraction of sp³-hybridized carbons (Fsp3) is 0.440. The van der Waals surface area contributed by atoms with Crippen LogP contribution < -0.4 is 10.1 Å². The highest BCUT2D eigenvalue weighted by molar-refractivity contribution is 5.94. The van der Waals surface area contributed by atoms with Gasteiger partial charge in [0.2, 0.25) is 11.8 Å². The molecule has 1 aliphatic rings. The zero-order valence-electron chi connectivity index (χ0n) is 20.0. The molecule has 1 unspecified atom stereocenters. The monoisotopic (exact) mass is 448 g/mol. The van der Waals surface area contributed by atoms with E-state index in [1.165, 1.54) is 0 Å². The molecule has 0 aliphatic carbocycles. The summed E-state index contributed by atoms with van der Waals surface area (Å²) in [5.41, 5.74) is 2.48. The van der Waals surface area contributed by atoms with E-state index in [4.69, 9.17) is 4.74 Å². The average molecular weight is 449 g/mol. The van der Waals surface area contributed by atoms with Crippen molar-refractivity contribution in [1.29, 1.82) is 0 Å². The number of carbonyl (C=O) groups is 1. The number of hydrogen-bond donors (Lipinski definition) is 1. The predicted octanol–water partition coefficient (Wildman–Crippen LogP) is 3.30. The van der Waals surface area contributed by atoms with Gasteiger partial charge in [-0.25, -0.2) is 15.0 Å². The molecule has 0 bridgehead atoms. The number of piperazine rings is 1. The Morgan fingerprint density at radius 2 is 1.76 bits per heavy atom. The summed E-state index contributed by atoms with van der Waals surface area (Å²) in [6.45, 7) is 9.49. The van der Waals surface area contributed by atoms with Crippen LogP contribution in [0.15, 0.2) is 42.9 Å². The summed E-state index contributed by atoms with van der Waals surface area (Å²) in [6.07, 6.45) is 3.32. The van der Waals surface area contributed by atoms with Gasteiger partial charge in [0.25, 0.3) is 0 Å². The largest absolute Gasteiger partial charge is 0.481 e. The Morgan fingerprint density at radius 3 is 2.39 bits per heavy atom. The lowest BCUT2D eigenvalue weighted by Crippen LogP contribution is -2.55. The topological polar surface area (TPSA) is 83.5 Å². The highest BCUT2D eigenvalue weighted by atomic mass is 16.5. The normalized spacial score (nSPS) is 16.0. The molecule has 1 aromatic carbocycles. The molecule has 1 fully saturated rings. The van der Waals surface area contributed by atoms with Gasteiger partial charge in [0.15, 0.2) is 0 Å². The molecule has 0 saturated carbocycles. The summed E-state index contributed by atoms with van der Waals surface area (Å²) in [4.78, 5) is 31.0. The first-order valence-corrected chi connectivity index (χ1v) is 11.3. The summed E-state index contributed by atoms with van der Waals surface area (Å²) in [6, 6.07) is 9.42. The molecule has 3 heterocycles. The van der Waals surface area contributed by atoms with Gasteiger partial charge in [0.05, 0.1) is 12.6 Å². The van der Waals surface area contributed by atoms with Crippen molar-refractivity contribution < 1.29 is 9.53 Å². The Bertz CT molecular complexity index is 1120. The zero-order valence-corrected chi connectivity index (χ0v) is 20.0. The number of nitrogens with one attached hydrogen (secondary N) is 1. The second kappa shape index (κ2) is 9.31. The molecule has 33 heavy (non-hydrogen) atoms. The van der Waals surface area contributed by atoms with Crippen molar-refractivity contribution in [2.75, 3.05) is 45.7 Å². The van der Waals surface area contributed by atoms with E-state index >= 15 is 0 Å². The molecule has 174 valence electrons. The molecule has 0 radical (unpaired) electrons. The van der Waals surface area contributed by atoms with Crippen molar-refractivity contribution in [3.63, 3.8) is 0 Å². The highest BCUT2D eigenvalue weighted by Crippen LogP contribution is 2.30. The molecule has 0 spiro atoms. The molecule has 1 amide bonds. The van der Waals surface area contributed by atoms with Gasteiger partial charge in [-0.15, -0.1) is 0 Å². The average Bonchev–Trinajstić information content (AvgIpc) is 2.81. The van der Waals surface area contributed by atoms with E-state index in [1.807, 2.05) is 35.2 Å². The van der Waals surface area contributed by atoms with Gasteiger partial charge in [-0.1, -0.05) is 26.8 Å². The second-order valence-electron chi connectivity index (χ2n) is 9.62. The minimum Gasteiger partial charge on any atom is -0.481 e. The molecular weight excluding hydrogens is 416 g/mol. The lowest BCUT2D eigenvalue weighted by Gasteiger charge is -2.38. The lowest BCUT2D eigenvalue weighted by atomic mass is 9.85. The van der Waals surface area contributed by atoms with Gasteiger partial charge in [0.1, 0.15) is 18.2 Å². The number of carbonyl (C=O) groups excluding carboxylic acids is 1. The summed E-state index contributed by atoms with van der Waals surface area (Å²) in [5.74, 6) is 1.34. The van der Waals surface area contributed by atoms with Crippen LogP contribution in [-0.2, 0) is 4.79 Å². The van der Waals surface area contributed by atoms with E-state index in [9.17, 15) is 4.79 Å². The minimum atomic E-state index is -0.412. The van der Waals surface area contributed by atoms with E-state index in [1.54, 1.807) is 19.6 Å². The van der Waals surface area contributed by atoms with Crippen LogP contribution >= 0.6 is 0 Å². The van der Waals surface area contributed by atoms with E-state index in [0.717, 1.165) is 48.2 Å². The van der Waals surface area contributed by atoms with Gasteiger partial charge < -0.3 is 19.9 Å². The number of ether oxygens (including phenoxy) is 1. The van der Waals surface area contributed by atoms with Crippen LogP contribution in [0.2, 0.25) is 0 Å². The summed E-state index contributed by atoms with van der Waals surface area (Å²) in [7, 11) is 3.69. The third-order valence-corrected chi connectivity index (χ3v) is 6.12. The second-order valence-corrected chi connectivity index (χ2v) is 9.62. The van der Waals surface area contributed by atoms with Gasteiger partial charge in [0, 0.05) is 49.4 Å². The van der Waals surface area contributed by atoms with Crippen molar-refractivity contribution in [1.82, 2.24) is 24.8 Å². The maximum absolute atomic E-state index is 13.5. The van der Waals surface area contributed by atoms with Crippen LogP contribution in [0.3, 0.4) is 0 Å². The molecule has 8 heteroatoms. The number of likely N-dealkylation sites (N-methyl/N-ethyl adjacent to an activating group) is 1. The Labute approximate surface area is 195 Å². The van der Waals surface area contributed by atoms with E-state index in [0.29, 0.717) is 11.7 Å². The molecule has 3 aromatic rings. The van der Waals surface area contributed by atoms with Gasteiger partial charge in [-0.2, -0.15) is 0 Å². The zero-order chi connectivity index (χ0) is 23.6. The van der Waals surface area contributed by atoms with Crippen LogP contribution in [0.25, 0.3) is 22.0 Å². The maximum Gasteiger partial charge on any atom is 0.245 e. The number of pyridine rings is 1. The standard InChI is InChI=1S/C25H32N6O2/c1-25(2,3)22(24(32)31-12-10-30(4)11-13-31)29-23-19-14-17(6-8-20(19)27-16-28-23)18-7-9-21(33-5)26-15-18/h6-9,14-16,22H,10-13H2,1-5H3,(H,27,28,29).